The summed E-state index contributed by atoms with van der Waals surface area (Å²) in [4.78, 5) is 24.0. The molecule has 2 rings (SSSR count). The molecule has 0 spiro atoms. The zero-order valence-corrected chi connectivity index (χ0v) is 16.0. The Kier molecular flexibility index (Phi) is 7.83. The fourth-order valence-corrected chi connectivity index (χ4v) is 2.22. The normalized spacial score (nSPS) is 10.8. The van der Waals surface area contributed by atoms with Crippen molar-refractivity contribution in [2.75, 3.05) is 26.1 Å². The van der Waals surface area contributed by atoms with E-state index in [1.807, 2.05) is 18.2 Å². The molecule has 0 bridgehead atoms. The lowest BCUT2D eigenvalue weighted by molar-refractivity contribution is -0.123. The lowest BCUT2D eigenvalue weighted by Gasteiger charge is -2.11. The first-order valence-electron chi connectivity index (χ1n) is 8.53. The smallest absolute Gasteiger partial charge is 0.277 e. The molecule has 8 heteroatoms. The number of para-hydroxylation sites is 1. The van der Waals surface area contributed by atoms with Crippen molar-refractivity contribution in [3.63, 3.8) is 0 Å². The van der Waals surface area contributed by atoms with Gasteiger partial charge in [0.2, 0.25) is 5.91 Å². The molecule has 0 radical (unpaired) electrons. The van der Waals surface area contributed by atoms with Crippen LogP contribution in [-0.4, -0.2) is 38.4 Å². The summed E-state index contributed by atoms with van der Waals surface area (Å²) in [6.45, 7) is 1.47. The Bertz CT molecular complexity index is 837. The minimum Gasteiger partial charge on any atom is -0.497 e. The molecule has 0 aliphatic rings. The van der Waals surface area contributed by atoms with Crippen molar-refractivity contribution in [3.8, 4) is 17.2 Å². The highest BCUT2D eigenvalue weighted by Crippen LogP contribution is 2.29. The van der Waals surface area contributed by atoms with E-state index in [9.17, 15) is 9.59 Å². The summed E-state index contributed by atoms with van der Waals surface area (Å²) in [6, 6.07) is 14.0. The number of hydrazone groups is 1. The second-order valence-corrected chi connectivity index (χ2v) is 5.77. The van der Waals surface area contributed by atoms with Crippen molar-refractivity contribution in [1.29, 1.82) is 0 Å². The average molecular weight is 385 g/mol. The number of carbonyl (C=O) groups is 2. The fraction of sp³-hybridized carbons (Fsp3) is 0.250. The van der Waals surface area contributed by atoms with Crippen LogP contribution in [0, 0.1) is 0 Å². The van der Waals surface area contributed by atoms with E-state index in [1.54, 1.807) is 44.4 Å². The van der Waals surface area contributed by atoms with Gasteiger partial charge < -0.3 is 19.5 Å². The van der Waals surface area contributed by atoms with Crippen molar-refractivity contribution >= 4 is 23.2 Å². The average Bonchev–Trinajstić information content (AvgIpc) is 2.71. The van der Waals surface area contributed by atoms with Crippen LogP contribution in [0.2, 0.25) is 0 Å². The van der Waals surface area contributed by atoms with Gasteiger partial charge in [0, 0.05) is 11.8 Å². The number of benzene rings is 2. The van der Waals surface area contributed by atoms with E-state index >= 15 is 0 Å². The molecule has 2 aromatic carbocycles. The Morgan fingerprint density at radius 3 is 2.39 bits per heavy atom. The SMILES string of the molecule is COc1ccc(NC(=O)CC(C)=NNC(=O)COc2ccccc2)c(OC)c1. The number of nitrogens with one attached hydrogen (secondary N) is 2. The van der Waals surface area contributed by atoms with Gasteiger partial charge in [0.05, 0.1) is 26.3 Å². The number of methoxy groups -OCH3 is 2. The number of hydrogen-bond acceptors (Lipinski definition) is 6. The van der Waals surface area contributed by atoms with E-state index < -0.39 is 5.91 Å². The lowest BCUT2D eigenvalue weighted by atomic mass is 10.2. The highest BCUT2D eigenvalue weighted by Gasteiger charge is 2.10. The van der Waals surface area contributed by atoms with Crippen LogP contribution in [-0.2, 0) is 9.59 Å². The maximum absolute atomic E-state index is 12.2. The second-order valence-electron chi connectivity index (χ2n) is 5.77. The Morgan fingerprint density at radius 1 is 0.964 bits per heavy atom. The van der Waals surface area contributed by atoms with Gasteiger partial charge in [0.25, 0.3) is 5.91 Å². The topological polar surface area (TPSA) is 98.2 Å². The molecular weight excluding hydrogens is 362 g/mol. The number of nitrogens with zero attached hydrogens (tertiary/aromatic N) is 1. The van der Waals surface area contributed by atoms with Gasteiger partial charge in [0.15, 0.2) is 6.61 Å². The molecule has 0 fully saturated rings. The van der Waals surface area contributed by atoms with E-state index in [0.717, 1.165) is 0 Å². The standard InChI is InChI=1S/C20H23N3O5/c1-14(22-23-20(25)13-28-15-7-5-4-6-8-15)11-19(24)21-17-10-9-16(26-2)12-18(17)27-3/h4-10,12H,11,13H2,1-3H3,(H,21,24)(H,23,25). The van der Waals surface area contributed by atoms with Crippen LogP contribution in [0.15, 0.2) is 53.6 Å². The molecule has 8 nitrogen and oxygen atoms in total. The fourth-order valence-electron chi connectivity index (χ4n) is 2.22. The lowest BCUT2D eigenvalue weighted by Crippen LogP contribution is -2.26. The van der Waals surface area contributed by atoms with Crippen LogP contribution >= 0.6 is 0 Å². The Morgan fingerprint density at radius 2 is 1.71 bits per heavy atom. The molecule has 0 aliphatic carbocycles. The van der Waals surface area contributed by atoms with Gasteiger partial charge >= 0.3 is 0 Å². The number of rotatable bonds is 9. The minimum absolute atomic E-state index is 0.00893. The van der Waals surface area contributed by atoms with Crippen LogP contribution in [0.3, 0.4) is 0 Å². The van der Waals surface area contributed by atoms with Crippen molar-refractivity contribution in [2.24, 2.45) is 5.10 Å². The maximum atomic E-state index is 12.2. The van der Waals surface area contributed by atoms with Crippen LogP contribution < -0.4 is 25.0 Å². The highest BCUT2D eigenvalue weighted by atomic mass is 16.5. The Balaban J connectivity index is 1.82. The van der Waals surface area contributed by atoms with Crippen molar-refractivity contribution in [1.82, 2.24) is 5.43 Å². The van der Waals surface area contributed by atoms with Crippen molar-refractivity contribution in [3.05, 3.63) is 48.5 Å². The molecule has 2 N–H and O–H groups in total. The second kappa shape index (κ2) is 10.6. The van der Waals surface area contributed by atoms with Crippen LogP contribution in [0.4, 0.5) is 5.69 Å². The summed E-state index contributed by atoms with van der Waals surface area (Å²) in [5.74, 6) is 0.979. The zero-order valence-electron chi connectivity index (χ0n) is 16.0. The largest absolute Gasteiger partial charge is 0.497 e. The van der Waals surface area contributed by atoms with Gasteiger partial charge in [-0.05, 0) is 31.2 Å². The number of amides is 2. The number of hydrogen-bond donors (Lipinski definition) is 2. The van der Waals surface area contributed by atoms with E-state index in [0.29, 0.717) is 28.6 Å². The van der Waals surface area contributed by atoms with Crippen molar-refractivity contribution < 1.29 is 23.8 Å². The summed E-state index contributed by atoms with van der Waals surface area (Å²) in [5, 5.41) is 6.65. The predicted molar refractivity (Wildman–Crippen MR) is 106 cm³/mol. The summed E-state index contributed by atoms with van der Waals surface area (Å²) in [5.41, 5.74) is 3.32. The third-order valence-electron chi connectivity index (χ3n) is 3.58. The monoisotopic (exact) mass is 385 g/mol. The summed E-state index contributed by atoms with van der Waals surface area (Å²) in [6.07, 6.45) is 0.00893. The first kappa shape index (κ1) is 20.8. The van der Waals surface area contributed by atoms with Gasteiger partial charge in [0.1, 0.15) is 17.2 Å². The molecule has 0 saturated heterocycles. The van der Waals surface area contributed by atoms with Gasteiger partial charge in [-0.3, -0.25) is 9.59 Å². The molecule has 0 aliphatic heterocycles. The molecular formula is C20H23N3O5. The molecule has 28 heavy (non-hydrogen) atoms. The third kappa shape index (κ3) is 6.64. The van der Waals surface area contributed by atoms with E-state index in [2.05, 4.69) is 15.8 Å². The van der Waals surface area contributed by atoms with Crippen LogP contribution in [0.1, 0.15) is 13.3 Å². The molecule has 0 saturated carbocycles. The number of carbonyl (C=O) groups excluding carboxylic acids is 2. The number of anilines is 1. The van der Waals surface area contributed by atoms with E-state index in [4.69, 9.17) is 14.2 Å². The molecule has 0 heterocycles. The maximum Gasteiger partial charge on any atom is 0.277 e. The first-order valence-corrected chi connectivity index (χ1v) is 8.53. The van der Waals surface area contributed by atoms with Gasteiger partial charge in [-0.1, -0.05) is 18.2 Å². The van der Waals surface area contributed by atoms with Crippen LogP contribution in [0.25, 0.3) is 0 Å². The Hall–Kier alpha value is -3.55. The minimum atomic E-state index is -0.416. The van der Waals surface area contributed by atoms with E-state index in [-0.39, 0.29) is 18.9 Å². The molecule has 2 amide bonds. The van der Waals surface area contributed by atoms with Gasteiger partial charge in [-0.2, -0.15) is 5.10 Å². The summed E-state index contributed by atoms with van der Waals surface area (Å²) >= 11 is 0. The zero-order chi connectivity index (χ0) is 20.4. The van der Waals surface area contributed by atoms with Crippen molar-refractivity contribution in [2.45, 2.75) is 13.3 Å². The quantitative estimate of drug-likeness (QED) is 0.511. The third-order valence-corrected chi connectivity index (χ3v) is 3.58. The summed E-state index contributed by atoms with van der Waals surface area (Å²) in [7, 11) is 3.05. The summed E-state index contributed by atoms with van der Waals surface area (Å²) < 4.78 is 15.7. The number of ether oxygens (including phenoxy) is 3. The van der Waals surface area contributed by atoms with Gasteiger partial charge in [-0.25, -0.2) is 5.43 Å². The molecule has 148 valence electrons. The Labute approximate surface area is 163 Å². The van der Waals surface area contributed by atoms with Gasteiger partial charge in [-0.15, -0.1) is 0 Å². The van der Waals surface area contributed by atoms with Crippen LogP contribution in [0.5, 0.6) is 17.2 Å². The first-order chi connectivity index (χ1) is 13.5. The highest BCUT2D eigenvalue weighted by molar-refractivity contribution is 6.06. The molecule has 0 aromatic heterocycles. The van der Waals surface area contributed by atoms with E-state index in [1.165, 1.54) is 7.11 Å². The predicted octanol–water partition coefficient (Wildman–Crippen LogP) is 2.60. The molecule has 0 atom stereocenters. The molecule has 0 unspecified atom stereocenters. The molecule has 2 aromatic rings.